The topological polar surface area (TPSA) is 69.6 Å². The molecule has 0 radical (unpaired) electrons. The fraction of sp³-hybridized carbons (Fsp3) is 0.257. The minimum absolute atomic E-state index is 0.345. The number of methoxy groups -OCH3 is 1. The van der Waals surface area contributed by atoms with E-state index in [9.17, 15) is 4.79 Å². The van der Waals surface area contributed by atoms with Crippen LogP contribution in [0.5, 0.6) is 0 Å². The van der Waals surface area contributed by atoms with Gasteiger partial charge in [-0.15, -0.1) is 0 Å². The van der Waals surface area contributed by atoms with Gasteiger partial charge in [0.1, 0.15) is 12.2 Å². The van der Waals surface area contributed by atoms with E-state index in [2.05, 4.69) is 15.9 Å². The largest absolute Gasteiger partial charge is 0.467 e. The molecule has 0 saturated heterocycles. The first kappa shape index (κ1) is 29.3. The standard InChI is InChI=1S/C35H33BrN2O5/c1-40-35(39)31-29-30(37-38(31)28-19-17-27(36)18-20-28)33(42-22-25-13-7-3-8-14-25)34(43-23-26-15-9-4-10-16-26)32(29)41-21-24-11-5-2-6-12-24/h2-20,29,31-34H,21-23H2,1H3/t29-,31+,32+,33+,34+/m1/s1. The van der Waals surface area contributed by atoms with Crippen LogP contribution in [0.4, 0.5) is 5.69 Å². The molecule has 1 aliphatic heterocycles. The first-order chi connectivity index (χ1) is 21.1. The van der Waals surface area contributed by atoms with Gasteiger partial charge in [0.2, 0.25) is 0 Å². The van der Waals surface area contributed by atoms with Crippen molar-refractivity contribution in [1.29, 1.82) is 0 Å². The van der Waals surface area contributed by atoms with Crippen LogP contribution in [0, 0.1) is 5.92 Å². The van der Waals surface area contributed by atoms with Gasteiger partial charge in [0.15, 0.2) is 6.04 Å². The number of hydrogen-bond donors (Lipinski definition) is 0. The van der Waals surface area contributed by atoms with Crippen molar-refractivity contribution in [3.8, 4) is 0 Å². The van der Waals surface area contributed by atoms with Gasteiger partial charge < -0.3 is 18.9 Å². The number of carbonyl (C=O) groups is 1. The Hall–Kier alpha value is -3.82. The molecule has 1 fully saturated rings. The molecule has 5 atom stereocenters. The molecule has 4 aromatic carbocycles. The number of rotatable bonds is 11. The molecule has 2 aliphatic rings. The highest BCUT2D eigenvalue weighted by atomic mass is 79.9. The van der Waals surface area contributed by atoms with Gasteiger partial charge in [-0.3, -0.25) is 5.01 Å². The van der Waals surface area contributed by atoms with Crippen LogP contribution in [0.3, 0.4) is 0 Å². The van der Waals surface area contributed by atoms with E-state index in [0.717, 1.165) is 26.9 Å². The van der Waals surface area contributed by atoms with Gasteiger partial charge in [0, 0.05) is 4.47 Å². The molecule has 1 heterocycles. The van der Waals surface area contributed by atoms with Crippen LogP contribution >= 0.6 is 15.9 Å². The molecular formula is C35H33BrN2O5. The normalized spacial score (nSPS) is 22.7. The van der Waals surface area contributed by atoms with Crippen LogP contribution in [-0.2, 0) is 43.6 Å². The number of benzene rings is 4. The van der Waals surface area contributed by atoms with Crippen molar-refractivity contribution >= 4 is 33.3 Å². The molecule has 0 spiro atoms. The number of esters is 1. The maximum atomic E-state index is 13.5. The molecule has 1 saturated carbocycles. The summed E-state index contributed by atoms with van der Waals surface area (Å²) in [5, 5.41) is 6.79. The third-order valence-electron chi connectivity index (χ3n) is 7.81. The molecule has 0 N–H and O–H groups in total. The minimum Gasteiger partial charge on any atom is -0.467 e. The van der Waals surface area contributed by atoms with Crippen molar-refractivity contribution in [1.82, 2.24) is 0 Å². The van der Waals surface area contributed by atoms with E-state index in [1.54, 1.807) is 5.01 Å². The fourth-order valence-electron chi connectivity index (χ4n) is 5.74. The maximum absolute atomic E-state index is 13.5. The summed E-state index contributed by atoms with van der Waals surface area (Å²) in [7, 11) is 1.40. The second-order valence-corrected chi connectivity index (χ2v) is 11.5. The lowest BCUT2D eigenvalue weighted by atomic mass is 9.94. The summed E-state index contributed by atoms with van der Waals surface area (Å²) in [6, 6.07) is 36.9. The fourth-order valence-corrected chi connectivity index (χ4v) is 6.00. The van der Waals surface area contributed by atoms with E-state index in [0.29, 0.717) is 25.5 Å². The Morgan fingerprint density at radius 2 is 1.19 bits per heavy atom. The number of carbonyl (C=O) groups excluding carboxylic acids is 1. The summed E-state index contributed by atoms with van der Waals surface area (Å²) in [5.41, 5.74) is 4.57. The van der Waals surface area contributed by atoms with Crippen LogP contribution in [0.2, 0.25) is 0 Å². The van der Waals surface area contributed by atoms with Crippen LogP contribution < -0.4 is 5.01 Å². The highest BCUT2D eigenvalue weighted by Crippen LogP contribution is 2.43. The van der Waals surface area contributed by atoms with Gasteiger partial charge in [0.05, 0.1) is 50.4 Å². The number of halogens is 1. The van der Waals surface area contributed by atoms with E-state index in [1.807, 2.05) is 115 Å². The van der Waals surface area contributed by atoms with E-state index in [-0.39, 0.29) is 0 Å². The highest BCUT2D eigenvalue weighted by molar-refractivity contribution is 9.10. The zero-order chi connectivity index (χ0) is 29.6. The van der Waals surface area contributed by atoms with Crippen molar-refractivity contribution in [2.24, 2.45) is 11.0 Å². The van der Waals surface area contributed by atoms with Gasteiger partial charge in [0.25, 0.3) is 0 Å². The quantitative estimate of drug-likeness (QED) is 0.173. The summed E-state index contributed by atoms with van der Waals surface area (Å²) < 4.78 is 26.2. The average Bonchev–Trinajstić information content (AvgIpc) is 3.57. The molecule has 0 aromatic heterocycles. The summed E-state index contributed by atoms with van der Waals surface area (Å²) >= 11 is 3.51. The Bertz CT molecular complexity index is 1520. The van der Waals surface area contributed by atoms with Crippen LogP contribution in [0.1, 0.15) is 16.7 Å². The number of hydrogen-bond acceptors (Lipinski definition) is 7. The van der Waals surface area contributed by atoms with Gasteiger partial charge in [-0.05, 0) is 41.0 Å². The van der Waals surface area contributed by atoms with Gasteiger partial charge >= 0.3 is 5.97 Å². The second kappa shape index (κ2) is 13.7. The highest BCUT2D eigenvalue weighted by Gasteiger charge is 2.60. The third-order valence-corrected chi connectivity index (χ3v) is 8.34. The van der Waals surface area contributed by atoms with Crippen LogP contribution in [0.15, 0.2) is 125 Å². The Kier molecular flexibility index (Phi) is 9.29. The second-order valence-electron chi connectivity index (χ2n) is 10.6. The predicted octanol–water partition coefficient (Wildman–Crippen LogP) is 6.55. The van der Waals surface area contributed by atoms with E-state index in [4.69, 9.17) is 24.0 Å². The van der Waals surface area contributed by atoms with Gasteiger partial charge in [-0.1, -0.05) is 107 Å². The van der Waals surface area contributed by atoms with Crippen molar-refractivity contribution < 1.29 is 23.7 Å². The molecule has 6 rings (SSSR count). The Balaban J connectivity index is 1.39. The van der Waals surface area contributed by atoms with E-state index < -0.39 is 36.2 Å². The SMILES string of the molecule is COC(=O)[C@@H]1[C@H]2C(=NN1c1ccc(Br)cc1)[C@H](OCc1ccccc1)[C@@H](OCc1ccccc1)[C@H]2OCc1ccccc1. The van der Waals surface area contributed by atoms with Crippen molar-refractivity contribution in [3.63, 3.8) is 0 Å². The minimum atomic E-state index is -0.755. The predicted molar refractivity (Wildman–Crippen MR) is 168 cm³/mol. The molecule has 7 nitrogen and oxygen atoms in total. The average molecular weight is 642 g/mol. The molecule has 220 valence electrons. The van der Waals surface area contributed by atoms with Crippen molar-refractivity contribution in [2.75, 3.05) is 12.1 Å². The first-order valence-electron chi connectivity index (χ1n) is 14.3. The van der Waals surface area contributed by atoms with Crippen LogP contribution in [-0.4, -0.2) is 43.1 Å². The lowest BCUT2D eigenvalue weighted by molar-refractivity contribution is -0.148. The monoisotopic (exact) mass is 640 g/mol. The summed E-state index contributed by atoms with van der Waals surface area (Å²) in [5.74, 6) is -0.855. The molecule has 0 bridgehead atoms. The van der Waals surface area contributed by atoms with Gasteiger partial charge in [-0.25, -0.2) is 4.79 Å². The molecule has 4 aromatic rings. The Labute approximate surface area is 260 Å². The van der Waals surface area contributed by atoms with Crippen molar-refractivity contribution in [2.45, 2.75) is 44.2 Å². The lowest BCUT2D eigenvalue weighted by Crippen LogP contribution is -2.47. The van der Waals surface area contributed by atoms with E-state index in [1.165, 1.54) is 7.11 Å². The Morgan fingerprint density at radius 3 is 1.70 bits per heavy atom. The lowest BCUT2D eigenvalue weighted by Gasteiger charge is -2.31. The molecule has 0 unspecified atom stereocenters. The van der Waals surface area contributed by atoms with Gasteiger partial charge in [-0.2, -0.15) is 5.10 Å². The Morgan fingerprint density at radius 1 is 0.698 bits per heavy atom. The number of nitrogens with zero attached hydrogens (tertiary/aromatic N) is 2. The summed E-state index contributed by atoms with van der Waals surface area (Å²) in [4.78, 5) is 13.5. The van der Waals surface area contributed by atoms with Crippen LogP contribution in [0.25, 0.3) is 0 Å². The number of fused-ring (bicyclic) bond motifs is 1. The molecule has 8 heteroatoms. The third kappa shape index (κ3) is 6.58. The smallest absolute Gasteiger partial charge is 0.331 e. The van der Waals surface area contributed by atoms with Crippen molar-refractivity contribution in [3.05, 3.63) is 136 Å². The zero-order valence-electron chi connectivity index (χ0n) is 23.8. The number of hydrazone groups is 1. The molecular weight excluding hydrogens is 608 g/mol. The zero-order valence-corrected chi connectivity index (χ0v) is 25.4. The molecule has 0 amide bonds. The first-order valence-corrected chi connectivity index (χ1v) is 15.1. The molecule has 43 heavy (non-hydrogen) atoms. The summed E-state index contributed by atoms with van der Waals surface area (Å²) in [6.07, 6.45) is -1.61. The number of ether oxygens (including phenoxy) is 4. The van der Waals surface area contributed by atoms with E-state index >= 15 is 0 Å². The molecule has 1 aliphatic carbocycles. The number of anilines is 1. The summed E-state index contributed by atoms with van der Waals surface area (Å²) in [6.45, 7) is 1.06. The maximum Gasteiger partial charge on any atom is 0.331 e.